The largest absolute Gasteiger partial charge is 0.461 e. The van der Waals surface area contributed by atoms with Crippen LogP contribution in [-0.2, 0) is 14.3 Å². The lowest BCUT2D eigenvalue weighted by atomic mass is 10.2. The van der Waals surface area contributed by atoms with Gasteiger partial charge < -0.3 is 9.47 Å². The molecule has 1 atom stereocenters. The van der Waals surface area contributed by atoms with E-state index in [0.717, 1.165) is 5.39 Å². The Morgan fingerprint density at radius 2 is 2.05 bits per heavy atom. The molecule has 0 fully saturated rings. The van der Waals surface area contributed by atoms with Crippen molar-refractivity contribution in [3.05, 3.63) is 36.5 Å². The van der Waals surface area contributed by atoms with Crippen LogP contribution in [0.2, 0.25) is 0 Å². The van der Waals surface area contributed by atoms with E-state index in [1.54, 1.807) is 24.4 Å². The molecule has 1 aromatic heterocycles. The molecule has 0 bridgehead atoms. The molecule has 20 heavy (non-hydrogen) atoms. The molecule has 1 aromatic carbocycles. The van der Waals surface area contributed by atoms with E-state index in [4.69, 9.17) is 16.3 Å². The standard InChI is InChI=1S/C14H12ClNO4/c1-9(17)8-19-14(18)13(15)20-11-6-2-4-10-5-3-7-16-12(10)11/h2-7,13H,8H2,1H3. The first-order valence-corrected chi connectivity index (χ1v) is 6.32. The highest BCUT2D eigenvalue weighted by molar-refractivity contribution is 6.29. The fourth-order valence-electron chi connectivity index (χ4n) is 1.57. The van der Waals surface area contributed by atoms with Gasteiger partial charge in [-0.2, -0.15) is 0 Å². The van der Waals surface area contributed by atoms with Crippen molar-refractivity contribution in [3.8, 4) is 5.75 Å². The third-order valence-corrected chi connectivity index (χ3v) is 2.70. The summed E-state index contributed by atoms with van der Waals surface area (Å²) < 4.78 is 10.0. The number of alkyl halides is 1. The van der Waals surface area contributed by atoms with Gasteiger partial charge in [-0.15, -0.1) is 0 Å². The van der Waals surface area contributed by atoms with Gasteiger partial charge in [-0.25, -0.2) is 4.79 Å². The Balaban J connectivity index is 2.11. The van der Waals surface area contributed by atoms with E-state index in [2.05, 4.69) is 9.72 Å². The lowest BCUT2D eigenvalue weighted by molar-refractivity contribution is -0.151. The molecular weight excluding hydrogens is 282 g/mol. The first-order valence-electron chi connectivity index (χ1n) is 5.88. The number of aromatic nitrogens is 1. The number of esters is 1. The second kappa shape index (κ2) is 6.34. The highest BCUT2D eigenvalue weighted by atomic mass is 35.5. The summed E-state index contributed by atoms with van der Waals surface area (Å²) in [6.07, 6.45) is 1.62. The van der Waals surface area contributed by atoms with Gasteiger partial charge in [0.2, 0.25) is 0 Å². The van der Waals surface area contributed by atoms with Crippen LogP contribution in [0.4, 0.5) is 0 Å². The zero-order valence-corrected chi connectivity index (χ0v) is 11.5. The molecule has 0 aliphatic rings. The summed E-state index contributed by atoms with van der Waals surface area (Å²) in [6.45, 7) is 0.991. The second-order valence-electron chi connectivity index (χ2n) is 4.07. The molecule has 0 N–H and O–H groups in total. The van der Waals surface area contributed by atoms with E-state index in [9.17, 15) is 9.59 Å². The van der Waals surface area contributed by atoms with Crippen LogP contribution in [0, 0.1) is 0 Å². The number of fused-ring (bicyclic) bond motifs is 1. The maximum absolute atomic E-state index is 11.5. The molecule has 0 aliphatic heterocycles. The quantitative estimate of drug-likeness (QED) is 0.625. The number of hydrogen-bond donors (Lipinski definition) is 0. The Morgan fingerprint density at radius 1 is 1.30 bits per heavy atom. The fraction of sp³-hybridized carbons (Fsp3) is 0.214. The first-order chi connectivity index (χ1) is 9.58. The summed E-state index contributed by atoms with van der Waals surface area (Å²) in [5, 5.41) is 0.867. The summed E-state index contributed by atoms with van der Waals surface area (Å²) in [4.78, 5) is 26.4. The van der Waals surface area contributed by atoms with E-state index in [1.807, 2.05) is 12.1 Å². The minimum atomic E-state index is -1.33. The van der Waals surface area contributed by atoms with Crippen LogP contribution in [0.15, 0.2) is 36.5 Å². The Bertz CT molecular complexity index is 639. The van der Waals surface area contributed by atoms with Crippen molar-refractivity contribution in [2.75, 3.05) is 6.61 Å². The van der Waals surface area contributed by atoms with Gasteiger partial charge in [0, 0.05) is 11.6 Å². The summed E-state index contributed by atoms with van der Waals surface area (Å²) in [5.74, 6) is -0.702. The maximum atomic E-state index is 11.5. The molecule has 104 valence electrons. The number of ketones is 1. The van der Waals surface area contributed by atoms with Crippen molar-refractivity contribution in [1.29, 1.82) is 0 Å². The number of rotatable bonds is 5. The van der Waals surface area contributed by atoms with Gasteiger partial charge in [-0.05, 0) is 19.1 Å². The predicted octanol–water partition coefficient (Wildman–Crippen LogP) is 2.31. The van der Waals surface area contributed by atoms with Gasteiger partial charge in [0.15, 0.2) is 5.78 Å². The van der Waals surface area contributed by atoms with Crippen LogP contribution < -0.4 is 4.74 Å². The molecule has 2 aromatic rings. The number of carbonyl (C=O) groups is 2. The van der Waals surface area contributed by atoms with Crippen LogP contribution in [0.1, 0.15) is 6.92 Å². The van der Waals surface area contributed by atoms with Crippen LogP contribution in [0.3, 0.4) is 0 Å². The van der Waals surface area contributed by atoms with Crippen LogP contribution >= 0.6 is 11.6 Å². The van der Waals surface area contributed by atoms with E-state index in [1.165, 1.54) is 6.92 Å². The summed E-state index contributed by atoms with van der Waals surface area (Å²) in [7, 11) is 0. The molecule has 0 amide bonds. The fourth-order valence-corrected chi connectivity index (χ4v) is 1.73. The summed E-state index contributed by atoms with van der Waals surface area (Å²) >= 11 is 5.81. The van der Waals surface area contributed by atoms with Gasteiger partial charge >= 0.3 is 5.97 Å². The molecule has 0 aliphatic carbocycles. The molecular formula is C14H12ClNO4. The number of pyridine rings is 1. The van der Waals surface area contributed by atoms with Crippen LogP contribution in [0.25, 0.3) is 10.9 Å². The Morgan fingerprint density at radius 3 is 2.80 bits per heavy atom. The third-order valence-electron chi connectivity index (χ3n) is 2.43. The van der Waals surface area contributed by atoms with E-state index >= 15 is 0 Å². The minimum absolute atomic E-state index is 0.269. The Kier molecular flexibility index (Phi) is 4.53. The van der Waals surface area contributed by atoms with Crippen molar-refractivity contribution in [2.45, 2.75) is 12.5 Å². The molecule has 0 spiro atoms. The highest BCUT2D eigenvalue weighted by Crippen LogP contribution is 2.24. The summed E-state index contributed by atoms with van der Waals surface area (Å²) in [6, 6.07) is 8.96. The van der Waals surface area contributed by atoms with Gasteiger partial charge in [-0.1, -0.05) is 29.8 Å². The summed E-state index contributed by atoms with van der Waals surface area (Å²) in [5.41, 5.74) is -0.734. The number of benzene rings is 1. The predicted molar refractivity (Wildman–Crippen MR) is 73.7 cm³/mol. The van der Waals surface area contributed by atoms with Gasteiger partial charge in [0.1, 0.15) is 17.9 Å². The third kappa shape index (κ3) is 3.45. The molecule has 1 unspecified atom stereocenters. The molecule has 5 nitrogen and oxygen atoms in total. The zero-order chi connectivity index (χ0) is 14.5. The van der Waals surface area contributed by atoms with Crippen LogP contribution in [0.5, 0.6) is 5.75 Å². The lowest BCUT2D eigenvalue weighted by Gasteiger charge is -2.12. The van der Waals surface area contributed by atoms with Crippen molar-refractivity contribution in [3.63, 3.8) is 0 Å². The Hall–Kier alpha value is -2.14. The molecule has 2 rings (SSSR count). The Labute approximate surface area is 120 Å². The van der Waals surface area contributed by atoms with E-state index < -0.39 is 11.5 Å². The smallest absolute Gasteiger partial charge is 0.363 e. The monoisotopic (exact) mass is 293 g/mol. The average molecular weight is 294 g/mol. The molecule has 6 heteroatoms. The number of Topliss-reactive ketones (excluding diaryl/α,β-unsaturated/α-hetero) is 1. The maximum Gasteiger partial charge on any atom is 0.363 e. The van der Waals surface area contributed by atoms with Crippen molar-refractivity contribution in [2.24, 2.45) is 0 Å². The number of ether oxygens (including phenoxy) is 2. The number of carbonyl (C=O) groups excluding carboxylic acids is 2. The van der Waals surface area contributed by atoms with Gasteiger partial charge in [0.05, 0.1) is 0 Å². The average Bonchev–Trinajstić information content (AvgIpc) is 2.45. The molecule has 1 heterocycles. The van der Waals surface area contributed by atoms with Gasteiger partial charge in [-0.3, -0.25) is 9.78 Å². The molecule has 0 radical (unpaired) electrons. The number of hydrogen-bond acceptors (Lipinski definition) is 5. The second-order valence-corrected chi connectivity index (χ2v) is 4.47. The number of nitrogens with zero attached hydrogens (tertiary/aromatic N) is 1. The van der Waals surface area contributed by atoms with E-state index in [0.29, 0.717) is 11.3 Å². The first kappa shape index (κ1) is 14.3. The van der Waals surface area contributed by atoms with Crippen molar-refractivity contribution in [1.82, 2.24) is 4.98 Å². The highest BCUT2D eigenvalue weighted by Gasteiger charge is 2.20. The minimum Gasteiger partial charge on any atom is -0.461 e. The molecule has 0 saturated heterocycles. The normalized spacial score (nSPS) is 11.9. The van der Waals surface area contributed by atoms with Crippen LogP contribution in [-0.4, -0.2) is 28.9 Å². The van der Waals surface area contributed by atoms with Crippen molar-refractivity contribution < 1.29 is 19.1 Å². The number of halogens is 1. The topological polar surface area (TPSA) is 65.5 Å². The zero-order valence-electron chi connectivity index (χ0n) is 10.7. The van der Waals surface area contributed by atoms with E-state index in [-0.39, 0.29) is 12.4 Å². The van der Waals surface area contributed by atoms with Crippen molar-refractivity contribution >= 4 is 34.3 Å². The molecule has 0 saturated carbocycles. The lowest BCUT2D eigenvalue weighted by Crippen LogP contribution is -2.25. The number of para-hydroxylation sites is 1. The SMILES string of the molecule is CC(=O)COC(=O)C(Cl)Oc1cccc2cccnc12. The van der Waals surface area contributed by atoms with Gasteiger partial charge in [0.25, 0.3) is 5.56 Å².